The number of halogens is 2. The molecule has 4 aliphatic heterocycles. The van der Waals surface area contributed by atoms with Gasteiger partial charge in [-0.1, -0.05) is 12.0 Å². The van der Waals surface area contributed by atoms with E-state index in [-0.39, 0.29) is 51.6 Å². The molecule has 0 saturated carbocycles. The largest absolute Gasteiger partial charge is 0.508 e. The standard InChI is InChI=1S/C33H30B2F2N6O2/c1-2-22-25(36)8-5-18-13-21(44)14-23(26(18)22)28-27(37)29-24(15-38-28)30(42-16-19-6-7-20(17-42)39-19)41-31(40-29)45-33(34,35)32-9-3-11-43(32)12-4-10-32/h1,5,8,13-15,19-20,39,44H,3-4,6-7,9-12,16-17H2. The number of rotatable bonds is 5. The summed E-state index contributed by atoms with van der Waals surface area (Å²) < 4.78 is 38.0. The topological polar surface area (TPSA) is 86.6 Å². The van der Waals surface area contributed by atoms with Crippen molar-refractivity contribution >= 4 is 43.2 Å². The highest BCUT2D eigenvalue weighted by Crippen LogP contribution is 2.46. The normalized spacial score (nSPS) is 22.6. The fourth-order valence-electron chi connectivity index (χ4n) is 8.21. The van der Waals surface area contributed by atoms with Gasteiger partial charge in [-0.15, -0.1) is 6.42 Å². The number of ether oxygens (including phenoxy) is 1. The number of piperazine rings is 1. The quantitative estimate of drug-likeness (QED) is 0.264. The zero-order valence-electron chi connectivity index (χ0n) is 24.7. The van der Waals surface area contributed by atoms with Crippen molar-refractivity contribution in [2.24, 2.45) is 0 Å². The lowest BCUT2D eigenvalue weighted by molar-refractivity contribution is 0.0507. The summed E-state index contributed by atoms with van der Waals surface area (Å²) >= 11 is 0. The minimum atomic E-state index is -1.62. The minimum absolute atomic E-state index is 0.0518. The van der Waals surface area contributed by atoms with Crippen LogP contribution in [0.25, 0.3) is 32.9 Å². The predicted molar refractivity (Wildman–Crippen MR) is 170 cm³/mol. The minimum Gasteiger partial charge on any atom is -0.508 e. The van der Waals surface area contributed by atoms with E-state index in [1.807, 2.05) is 0 Å². The molecule has 8 nitrogen and oxygen atoms in total. The Morgan fingerprint density at radius 1 is 1.09 bits per heavy atom. The summed E-state index contributed by atoms with van der Waals surface area (Å²) in [6.45, 7) is 3.10. The first-order valence-electron chi connectivity index (χ1n) is 15.5. The van der Waals surface area contributed by atoms with Crippen LogP contribution in [0.2, 0.25) is 0 Å². The van der Waals surface area contributed by atoms with E-state index >= 15 is 4.39 Å². The Labute approximate surface area is 262 Å². The highest BCUT2D eigenvalue weighted by Gasteiger charge is 2.54. The van der Waals surface area contributed by atoms with Gasteiger partial charge in [-0.2, -0.15) is 9.97 Å². The fourth-order valence-corrected chi connectivity index (χ4v) is 8.21. The summed E-state index contributed by atoms with van der Waals surface area (Å²) in [6.07, 6.45) is 12.7. The Bertz CT molecular complexity index is 1890. The van der Waals surface area contributed by atoms with Crippen molar-refractivity contribution in [2.45, 2.75) is 61.5 Å². The Morgan fingerprint density at radius 2 is 1.82 bits per heavy atom. The zero-order valence-corrected chi connectivity index (χ0v) is 24.7. The number of aromatic hydroxyl groups is 1. The smallest absolute Gasteiger partial charge is 0.318 e. The first kappa shape index (κ1) is 28.5. The van der Waals surface area contributed by atoms with Gasteiger partial charge in [0.1, 0.15) is 44.3 Å². The van der Waals surface area contributed by atoms with Gasteiger partial charge in [-0.05, 0) is 75.2 Å². The average molecular weight is 602 g/mol. The van der Waals surface area contributed by atoms with Crippen molar-refractivity contribution in [3.05, 3.63) is 47.7 Å². The molecule has 0 aliphatic carbocycles. The van der Waals surface area contributed by atoms with Crippen LogP contribution in [0.15, 0.2) is 30.5 Å². The van der Waals surface area contributed by atoms with Crippen LogP contribution < -0.4 is 15.0 Å². The number of nitrogens with one attached hydrogen (secondary N) is 1. The summed E-state index contributed by atoms with van der Waals surface area (Å²) in [6, 6.07) is 5.89. The van der Waals surface area contributed by atoms with Crippen LogP contribution in [0, 0.1) is 24.0 Å². The molecule has 4 radical (unpaired) electrons. The third kappa shape index (κ3) is 4.38. The van der Waals surface area contributed by atoms with Crippen molar-refractivity contribution in [2.75, 3.05) is 31.1 Å². The molecule has 2 aromatic carbocycles. The highest BCUT2D eigenvalue weighted by molar-refractivity contribution is 6.40. The SMILES string of the molecule is [B]C([B])(Oc1nc(N2CC3CCC(C2)N3)c2cnc(-c3cc(O)cc4ccc(F)c(C#C)c34)c(F)c2n1)C12CCCN1CCC2. The number of phenols is 1. The van der Waals surface area contributed by atoms with Crippen LogP contribution in [0.4, 0.5) is 14.6 Å². The van der Waals surface area contributed by atoms with Gasteiger partial charge in [0.2, 0.25) is 0 Å². The van der Waals surface area contributed by atoms with Gasteiger partial charge >= 0.3 is 6.01 Å². The Hall–Kier alpha value is -3.94. The number of hydrogen-bond acceptors (Lipinski definition) is 8. The van der Waals surface area contributed by atoms with Gasteiger partial charge in [0.05, 0.1) is 10.9 Å². The van der Waals surface area contributed by atoms with E-state index in [0.717, 1.165) is 51.6 Å². The zero-order chi connectivity index (χ0) is 31.1. The van der Waals surface area contributed by atoms with Gasteiger partial charge < -0.3 is 20.1 Å². The molecular weight excluding hydrogens is 572 g/mol. The maximum Gasteiger partial charge on any atom is 0.318 e. The first-order valence-corrected chi connectivity index (χ1v) is 15.5. The number of benzene rings is 2. The van der Waals surface area contributed by atoms with Crippen LogP contribution >= 0.6 is 0 Å². The Kier molecular flexibility index (Phi) is 6.52. The summed E-state index contributed by atoms with van der Waals surface area (Å²) in [5.41, 5.74) is -0.690. The van der Waals surface area contributed by atoms with Crippen molar-refractivity contribution in [1.29, 1.82) is 0 Å². The molecule has 45 heavy (non-hydrogen) atoms. The molecule has 2 atom stereocenters. The summed E-state index contributed by atoms with van der Waals surface area (Å²) in [5.74, 6) is 1.27. The van der Waals surface area contributed by atoms with Crippen molar-refractivity contribution in [1.82, 2.24) is 25.2 Å². The molecule has 0 spiro atoms. The molecule has 224 valence electrons. The number of terminal acetylenes is 1. The molecule has 2 bridgehead atoms. The average Bonchev–Trinajstić information content (AvgIpc) is 3.72. The second-order valence-electron chi connectivity index (χ2n) is 12.8. The van der Waals surface area contributed by atoms with E-state index in [9.17, 15) is 9.50 Å². The Balaban J connectivity index is 1.32. The molecule has 2 N–H and O–H groups in total. The van der Waals surface area contributed by atoms with Crippen molar-refractivity contribution in [3.63, 3.8) is 0 Å². The number of nitrogens with zero attached hydrogens (tertiary/aromatic N) is 5. The number of hydrogen-bond donors (Lipinski definition) is 2. The number of phenolic OH excluding ortho intramolecular Hbond substituents is 1. The second kappa shape index (κ2) is 10.3. The number of aromatic nitrogens is 3. The first-order chi connectivity index (χ1) is 21.7. The lowest BCUT2D eigenvalue weighted by Gasteiger charge is -2.46. The Morgan fingerprint density at radius 3 is 2.53 bits per heavy atom. The van der Waals surface area contributed by atoms with E-state index in [2.05, 4.69) is 31.0 Å². The molecule has 12 heteroatoms. The molecule has 0 amide bonds. The summed E-state index contributed by atoms with van der Waals surface area (Å²) in [5, 5.41) is 13.6. The monoisotopic (exact) mass is 602 g/mol. The van der Waals surface area contributed by atoms with E-state index < -0.39 is 22.6 Å². The molecule has 4 aromatic rings. The molecular formula is C33H30B2F2N6O2. The fraction of sp³-hybridized carbons (Fsp3) is 0.424. The van der Waals surface area contributed by atoms with Gasteiger partial charge in [0, 0.05) is 53.3 Å². The third-order valence-electron chi connectivity index (χ3n) is 10.2. The van der Waals surface area contributed by atoms with E-state index in [1.165, 1.54) is 30.5 Å². The van der Waals surface area contributed by atoms with Crippen LogP contribution in [0.3, 0.4) is 0 Å². The lowest BCUT2D eigenvalue weighted by Crippen LogP contribution is -2.63. The highest BCUT2D eigenvalue weighted by atomic mass is 19.1. The molecule has 4 aliphatic rings. The van der Waals surface area contributed by atoms with E-state index in [1.54, 1.807) is 0 Å². The van der Waals surface area contributed by atoms with Crippen LogP contribution in [0.5, 0.6) is 11.8 Å². The molecule has 8 rings (SSSR count). The predicted octanol–water partition coefficient (Wildman–Crippen LogP) is 3.75. The molecule has 6 heterocycles. The van der Waals surface area contributed by atoms with Crippen LogP contribution in [-0.4, -0.2) is 89.9 Å². The molecule has 4 saturated heterocycles. The van der Waals surface area contributed by atoms with Crippen molar-refractivity contribution in [3.8, 4) is 35.4 Å². The number of fused-ring (bicyclic) bond motifs is 5. The lowest BCUT2D eigenvalue weighted by atomic mass is 9.53. The van der Waals surface area contributed by atoms with Crippen molar-refractivity contribution < 1.29 is 18.6 Å². The second-order valence-corrected chi connectivity index (χ2v) is 12.8. The molecule has 4 fully saturated rings. The summed E-state index contributed by atoms with van der Waals surface area (Å²) in [7, 11) is 13.5. The summed E-state index contributed by atoms with van der Waals surface area (Å²) in [4.78, 5) is 18.2. The van der Waals surface area contributed by atoms with E-state index in [4.69, 9.17) is 31.8 Å². The van der Waals surface area contributed by atoms with Crippen LogP contribution in [0.1, 0.15) is 44.1 Å². The number of anilines is 1. The van der Waals surface area contributed by atoms with E-state index in [0.29, 0.717) is 29.7 Å². The van der Waals surface area contributed by atoms with Gasteiger partial charge in [-0.3, -0.25) is 9.88 Å². The third-order valence-corrected chi connectivity index (χ3v) is 10.2. The van der Waals surface area contributed by atoms with Gasteiger partial charge in [0.25, 0.3) is 0 Å². The van der Waals surface area contributed by atoms with Crippen LogP contribution in [-0.2, 0) is 0 Å². The van der Waals surface area contributed by atoms with Gasteiger partial charge in [0.15, 0.2) is 5.82 Å². The number of pyridine rings is 1. The molecule has 2 unspecified atom stereocenters. The van der Waals surface area contributed by atoms with Gasteiger partial charge in [-0.25, -0.2) is 8.78 Å². The molecule has 2 aromatic heterocycles. The maximum atomic E-state index is 16.9. The maximum absolute atomic E-state index is 16.9.